The molecule has 0 saturated carbocycles. The summed E-state index contributed by atoms with van der Waals surface area (Å²) in [6, 6.07) is 11.6. The lowest BCUT2D eigenvalue weighted by molar-refractivity contribution is -0.384. The molecule has 4 rings (SSSR count). The molecule has 8 nitrogen and oxygen atoms in total. The van der Waals surface area contributed by atoms with Crippen molar-refractivity contribution in [2.75, 3.05) is 44.3 Å². The summed E-state index contributed by atoms with van der Waals surface area (Å²) in [7, 11) is 0. The molecule has 2 aromatic carbocycles. The van der Waals surface area contributed by atoms with Gasteiger partial charge in [-0.2, -0.15) is 0 Å². The lowest BCUT2D eigenvalue weighted by Gasteiger charge is -2.27. The molecular weight excluding hydrogens is 452 g/mol. The fourth-order valence-electron chi connectivity index (χ4n) is 3.61. The van der Waals surface area contributed by atoms with Crippen molar-refractivity contribution in [2.24, 2.45) is 0 Å². The van der Waals surface area contributed by atoms with Crippen LogP contribution in [0.3, 0.4) is 0 Å². The first-order valence-electron chi connectivity index (χ1n) is 10.4. The van der Waals surface area contributed by atoms with Gasteiger partial charge in [-0.15, -0.1) is 0 Å². The molecule has 0 radical (unpaired) electrons. The van der Waals surface area contributed by atoms with E-state index < -0.39 is 4.92 Å². The van der Waals surface area contributed by atoms with Gasteiger partial charge < -0.3 is 4.74 Å². The molecule has 0 bridgehead atoms. The number of carbonyl (C=O) groups is 1. The molecule has 1 aliphatic rings. The summed E-state index contributed by atoms with van der Waals surface area (Å²) in [5.41, 5.74) is 1.53. The topological polar surface area (TPSA) is 88.8 Å². The second-order valence-corrected chi connectivity index (χ2v) is 9.01. The van der Waals surface area contributed by atoms with Crippen LogP contribution < -0.4 is 4.90 Å². The number of morpholine rings is 1. The van der Waals surface area contributed by atoms with E-state index in [1.165, 1.54) is 23.5 Å². The van der Waals surface area contributed by atoms with Gasteiger partial charge in [-0.3, -0.25) is 24.7 Å². The van der Waals surface area contributed by atoms with Crippen molar-refractivity contribution < 1.29 is 14.5 Å². The lowest BCUT2D eigenvalue weighted by Crippen LogP contribution is -2.39. The Labute approximate surface area is 194 Å². The quantitative estimate of drug-likeness (QED) is 0.360. The Balaban J connectivity index is 1.51. The van der Waals surface area contributed by atoms with Crippen LogP contribution in [0.5, 0.6) is 0 Å². The highest BCUT2D eigenvalue weighted by Gasteiger charge is 2.21. The Morgan fingerprint density at radius 2 is 1.97 bits per heavy atom. The van der Waals surface area contributed by atoms with Crippen LogP contribution in [0.25, 0.3) is 10.2 Å². The molecule has 1 fully saturated rings. The number of amides is 1. The average Bonchev–Trinajstić information content (AvgIpc) is 3.20. The molecule has 32 heavy (non-hydrogen) atoms. The largest absolute Gasteiger partial charge is 0.379 e. The molecule has 0 N–H and O–H groups in total. The molecule has 0 aliphatic carbocycles. The number of nitrogens with zero attached hydrogens (tertiary/aromatic N) is 4. The molecule has 1 saturated heterocycles. The van der Waals surface area contributed by atoms with Crippen LogP contribution >= 0.6 is 22.9 Å². The van der Waals surface area contributed by atoms with Crippen LogP contribution in [0.4, 0.5) is 10.8 Å². The maximum atomic E-state index is 13.3. The molecular formula is C22H23ClN4O4S. The van der Waals surface area contributed by atoms with E-state index in [0.29, 0.717) is 16.7 Å². The number of hydrogen-bond acceptors (Lipinski definition) is 7. The predicted molar refractivity (Wildman–Crippen MR) is 126 cm³/mol. The zero-order valence-corrected chi connectivity index (χ0v) is 19.0. The number of ether oxygens (including phenoxy) is 1. The Morgan fingerprint density at radius 1 is 1.22 bits per heavy atom. The van der Waals surface area contributed by atoms with E-state index in [9.17, 15) is 14.9 Å². The van der Waals surface area contributed by atoms with Crippen molar-refractivity contribution in [1.29, 1.82) is 0 Å². The Bertz CT molecular complexity index is 1100. The Hall–Kier alpha value is -2.59. The first-order chi connectivity index (χ1) is 15.5. The predicted octanol–water partition coefficient (Wildman–Crippen LogP) is 4.16. The van der Waals surface area contributed by atoms with E-state index in [1.54, 1.807) is 23.1 Å². The standard InChI is InChI=1S/C22H23ClN4O4S/c23-17-4-7-19-20(15-17)32-22(24-19)26(9-1-8-25-10-12-31-13-11-25)21(28)14-16-2-5-18(6-3-16)27(29)30/h2-7,15H,1,8-14H2. The number of nitro benzene ring substituents is 1. The molecule has 0 unspecified atom stereocenters. The number of nitro groups is 1. The van der Waals surface area contributed by atoms with E-state index in [-0.39, 0.29) is 18.0 Å². The zero-order chi connectivity index (χ0) is 22.5. The van der Waals surface area contributed by atoms with Crippen molar-refractivity contribution in [3.63, 3.8) is 0 Å². The molecule has 10 heteroatoms. The molecule has 0 spiro atoms. The highest BCUT2D eigenvalue weighted by atomic mass is 35.5. The smallest absolute Gasteiger partial charge is 0.269 e. The van der Waals surface area contributed by atoms with Crippen molar-refractivity contribution in [1.82, 2.24) is 9.88 Å². The van der Waals surface area contributed by atoms with Crippen molar-refractivity contribution in [3.8, 4) is 0 Å². The summed E-state index contributed by atoms with van der Waals surface area (Å²) >= 11 is 7.55. The van der Waals surface area contributed by atoms with Gasteiger partial charge >= 0.3 is 0 Å². The maximum Gasteiger partial charge on any atom is 0.269 e. The van der Waals surface area contributed by atoms with Crippen LogP contribution in [0, 0.1) is 10.1 Å². The Kier molecular flexibility index (Phi) is 7.31. The number of fused-ring (bicyclic) bond motifs is 1. The van der Waals surface area contributed by atoms with Crippen LogP contribution in [0.1, 0.15) is 12.0 Å². The van der Waals surface area contributed by atoms with E-state index in [2.05, 4.69) is 9.88 Å². The summed E-state index contributed by atoms with van der Waals surface area (Å²) in [5.74, 6) is -0.0917. The maximum absolute atomic E-state index is 13.3. The van der Waals surface area contributed by atoms with Gasteiger partial charge in [-0.05, 0) is 30.2 Å². The molecule has 2 heterocycles. The third-order valence-electron chi connectivity index (χ3n) is 5.33. The monoisotopic (exact) mass is 474 g/mol. The van der Waals surface area contributed by atoms with Crippen LogP contribution in [0.15, 0.2) is 42.5 Å². The van der Waals surface area contributed by atoms with Gasteiger partial charge in [-0.25, -0.2) is 4.98 Å². The number of hydrogen-bond donors (Lipinski definition) is 0. The normalized spacial score (nSPS) is 14.5. The van der Waals surface area contributed by atoms with Crippen LogP contribution in [-0.4, -0.2) is 60.1 Å². The van der Waals surface area contributed by atoms with Crippen molar-refractivity contribution in [3.05, 3.63) is 63.2 Å². The fraction of sp³-hybridized carbons (Fsp3) is 0.364. The van der Waals surface area contributed by atoms with Gasteiger partial charge in [0.2, 0.25) is 5.91 Å². The second kappa shape index (κ2) is 10.4. The van der Waals surface area contributed by atoms with Crippen molar-refractivity contribution in [2.45, 2.75) is 12.8 Å². The van der Waals surface area contributed by atoms with Crippen molar-refractivity contribution >= 4 is 49.9 Å². The number of thiazole rings is 1. The minimum atomic E-state index is -0.449. The van der Waals surface area contributed by atoms with Gasteiger partial charge in [0.15, 0.2) is 5.13 Å². The molecule has 1 aromatic heterocycles. The fourth-order valence-corrected chi connectivity index (χ4v) is 4.90. The highest BCUT2D eigenvalue weighted by molar-refractivity contribution is 7.22. The summed E-state index contributed by atoms with van der Waals surface area (Å²) in [6.45, 7) is 4.69. The van der Waals surface area contributed by atoms with E-state index in [1.807, 2.05) is 12.1 Å². The zero-order valence-electron chi connectivity index (χ0n) is 17.4. The highest BCUT2D eigenvalue weighted by Crippen LogP contribution is 2.31. The van der Waals surface area contributed by atoms with E-state index in [4.69, 9.17) is 16.3 Å². The Morgan fingerprint density at radius 3 is 2.69 bits per heavy atom. The number of non-ortho nitro benzene ring substituents is 1. The van der Waals surface area contributed by atoms with Gasteiger partial charge in [0.1, 0.15) is 0 Å². The van der Waals surface area contributed by atoms with Gasteiger partial charge in [0, 0.05) is 43.3 Å². The number of halogens is 1. The molecule has 1 aliphatic heterocycles. The minimum Gasteiger partial charge on any atom is -0.379 e. The molecule has 1 amide bonds. The second-order valence-electron chi connectivity index (χ2n) is 7.56. The number of rotatable bonds is 8. The van der Waals surface area contributed by atoms with Gasteiger partial charge in [0.05, 0.1) is 34.8 Å². The number of anilines is 1. The minimum absolute atomic E-state index is 0.00613. The van der Waals surface area contributed by atoms with E-state index in [0.717, 1.165) is 55.0 Å². The van der Waals surface area contributed by atoms with Gasteiger partial charge in [-0.1, -0.05) is 35.1 Å². The summed E-state index contributed by atoms with van der Waals surface area (Å²) in [5, 5.41) is 12.2. The van der Waals surface area contributed by atoms with Gasteiger partial charge in [0.25, 0.3) is 5.69 Å². The summed E-state index contributed by atoms with van der Waals surface area (Å²) < 4.78 is 6.32. The average molecular weight is 475 g/mol. The number of aromatic nitrogens is 1. The SMILES string of the molecule is O=C(Cc1ccc([N+](=O)[O-])cc1)N(CCCN1CCOCC1)c1nc2ccc(Cl)cc2s1. The van der Waals surface area contributed by atoms with E-state index >= 15 is 0 Å². The first kappa shape index (κ1) is 22.6. The van der Waals surface area contributed by atoms with Crippen LogP contribution in [0.2, 0.25) is 5.02 Å². The molecule has 0 atom stereocenters. The van der Waals surface area contributed by atoms with Crippen LogP contribution in [-0.2, 0) is 16.0 Å². The number of carbonyl (C=O) groups excluding carboxylic acids is 1. The summed E-state index contributed by atoms with van der Waals surface area (Å²) in [6.07, 6.45) is 0.953. The third kappa shape index (κ3) is 5.60. The lowest BCUT2D eigenvalue weighted by atomic mass is 10.1. The number of benzene rings is 2. The molecule has 168 valence electrons. The third-order valence-corrected chi connectivity index (χ3v) is 6.61. The molecule has 3 aromatic rings. The first-order valence-corrected chi connectivity index (χ1v) is 11.6. The summed E-state index contributed by atoms with van der Waals surface area (Å²) in [4.78, 5) is 32.4.